The number of rotatable bonds is 3. The van der Waals surface area contributed by atoms with Gasteiger partial charge in [0, 0.05) is 57.3 Å². The van der Waals surface area contributed by atoms with Crippen molar-refractivity contribution in [1.82, 2.24) is 5.32 Å². The first-order chi connectivity index (χ1) is 14.3. The second-order valence-corrected chi connectivity index (χ2v) is 8.07. The molecule has 5 nitrogen and oxygen atoms in total. The van der Waals surface area contributed by atoms with Gasteiger partial charge in [0.05, 0.1) is 0 Å². The van der Waals surface area contributed by atoms with Crippen molar-refractivity contribution >= 4 is 5.69 Å². The van der Waals surface area contributed by atoms with Crippen LogP contribution in [0.15, 0.2) is 24.3 Å². The number of alkyl halides is 6. The van der Waals surface area contributed by atoms with Crippen LogP contribution in [-0.4, -0.2) is 68.6 Å². The molecule has 0 radical (unpaired) electrons. The molecule has 2 aliphatic rings. The summed E-state index contributed by atoms with van der Waals surface area (Å²) >= 11 is 0. The topological polar surface area (TPSA) is 65.0 Å². The van der Waals surface area contributed by atoms with E-state index in [1.54, 1.807) is 0 Å². The SMILES string of the molecule is CC1(CO)CCOCC1.OC(c1ccc(N2CCNCC2)cc1)(C(F)(F)F)C(F)(F)F. The highest BCUT2D eigenvalue weighted by molar-refractivity contribution is 5.49. The molecule has 3 N–H and O–H groups in total. The number of hydrogen-bond acceptors (Lipinski definition) is 5. The molecule has 0 aliphatic carbocycles. The number of nitrogens with one attached hydrogen (secondary N) is 1. The number of ether oxygens (including phenoxy) is 1. The Hall–Kier alpha value is -1.56. The van der Waals surface area contributed by atoms with Crippen LogP contribution in [0.25, 0.3) is 0 Å². The number of hydrogen-bond donors (Lipinski definition) is 3. The number of benzene rings is 1. The number of piperazine rings is 1. The van der Waals surface area contributed by atoms with Crippen LogP contribution >= 0.6 is 0 Å². The summed E-state index contributed by atoms with van der Waals surface area (Å²) in [4.78, 5) is 1.83. The molecular weight excluding hydrogens is 430 g/mol. The van der Waals surface area contributed by atoms with Crippen LogP contribution in [-0.2, 0) is 10.3 Å². The lowest BCUT2D eigenvalue weighted by Crippen LogP contribution is -2.53. The second kappa shape index (κ2) is 9.93. The van der Waals surface area contributed by atoms with Gasteiger partial charge in [-0.25, -0.2) is 0 Å². The third kappa shape index (κ3) is 6.03. The van der Waals surface area contributed by atoms with Crippen molar-refractivity contribution in [2.45, 2.75) is 37.7 Å². The molecule has 0 atom stereocenters. The number of nitrogens with zero attached hydrogens (tertiary/aromatic N) is 1. The number of aliphatic hydroxyl groups excluding tert-OH is 1. The summed E-state index contributed by atoms with van der Waals surface area (Å²) in [5.74, 6) is 0. The molecule has 2 saturated heterocycles. The van der Waals surface area contributed by atoms with Crippen molar-refractivity contribution in [2.24, 2.45) is 5.41 Å². The highest BCUT2D eigenvalue weighted by Gasteiger charge is 2.71. The van der Waals surface area contributed by atoms with Gasteiger partial charge in [0.1, 0.15) is 0 Å². The predicted molar refractivity (Wildman–Crippen MR) is 103 cm³/mol. The zero-order chi connectivity index (χ0) is 23.3. The largest absolute Gasteiger partial charge is 0.430 e. The Morgan fingerprint density at radius 2 is 1.45 bits per heavy atom. The molecule has 0 spiro atoms. The fourth-order valence-electron chi connectivity index (χ4n) is 3.35. The second-order valence-electron chi connectivity index (χ2n) is 8.07. The lowest BCUT2D eigenvalue weighted by atomic mass is 9.84. The van der Waals surface area contributed by atoms with Gasteiger partial charge in [-0.15, -0.1) is 0 Å². The minimum absolute atomic E-state index is 0.151. The Kier molecular flexibility index (Phi) is 8.23. The van der Waals surface area contributed by atoms with E-state index < -0.39 is 23.5 Å². The van der Waals surface area contributed by atoms with Gasteiger partial charge in [-0.3, -0.25) is 0 Å². The summed E-state index contributed by atoms with van der Waals surface area (Å²) in [6.07, 6.45) is -9.71. The van der Waals surface area contributed by atoms with Crippen molar-refractivity contribution in [3.05, 3.63) is 29.8 Å². The van der Waals surface area contributed by atoms with Crippen LogP contribution in [0.5, 0.6) is 0 Å². The van der Waals surface area contributed by atoms with Crippen molar-refractivity contribution in [2.75, 3.05) is 50.9 Å². The van der Waals surface area contributed by atoms with E-state index in [9.17, 15) is 31.4 Å². The van der Waals surface area contributed by atoms with Gasteiger partial charge < -0.3 is 25.2 Å². The van der Waals surface area contributed by atoms with Crippen LogP contribution in [0.2, 0.25) is 0 Å². The zero-order valence-electron chi connectivity index (χ0n) is 17.2. The van der Waals surface area contributed by atoms with E-state index in [1.165, 1.54) is 0 Å². The minimum Gasteiger partial charge on any atom is -0.396 e. The average molecular weight is 458 g/mol. The molecule has 0 aromatic heterocycles. The maximum Gasteiger partial charge on any atom is 0.430 e. The van der Waals surface area contributed by atoms with Gasteiger partial charge in [0.25, 0.3) is 5.60 Å². The third-order valence-electron chi connectivity index (χ3n) is 5.67. The van der Waals surface area contributed by atoms with Crippen LogP contribution < -0.4 is 10.2 Å². The molecule has 178 valence electrons. The smallest absolute Gasteiger partial charge is 0.396 e. The lowest BCUT2D eigenvalue weighted by Gasteiger charge is -2.33. The Morgan fingerprint density at radius 3 is 1.84 bits per heavy atom. The van der Waals surface area contributed by atoms with Gasteiger partial charge in [0.15, 0.2) is 0 Å². The standard InChI is InChI=1S/C13H14F6N2O.C7H14O2/c14-12(15,16)11(22,13(17,18)19)9-1-3-10(4-2-9)21-7-5-20-6-8-21;1-7(6-8)2-4-9-5-3-7/h1-4,20,22H,5-8H2;8H,2-6H2,1H3. The molecule has 31 heavy (non-hydrogen) atoms. The molecule has 2 fully saturated rings. The fourth-order valence-corrected chi connectivity index (χ4v) is 3.35. The van der Waals surface area contributed by atoms with E-state index in [0.717, 1.165) is 38.2 Å². The van der Waals surface area contributed by atoms with Gasteiger partial charge >= 0.3 is 12.4 Å². The van der Waals surface area contributed by atoms with Crippen molar-refractivity contribution in [3.63, 3.8) is 0 Å². The van der Waals surface area contributed by atoms with Crippen LogP contribution in [0.4, 0.5) is 32.0 Å². The van der Waals surface area contributed by atoms with Gasteiger partial charge in [-0.1, -0.05) is 19.1 Å². The van der Waals surface area contributed by atoms with Crippen LogP contribution in [0.1, 0.15) is 25.3 Å². The van der Waals surface area contributed by atoms with Crippen molar-refractivity contribution < 1.29 is 41.3 Å². The zero-order valence-corrected chi connectivity index (χ0v) is 17.2. The molecule has 2 heterocycles. The number of aliphatic hydroxyl groups is 2. The molecule has 11 heteroatoms. The van der Waals surface area contributed by atoms with Crippen molar-refractivity contribution in [1.29, 1.82) is 0 Å². The summed E-state index contributed by atoms with van der Waals surface area (Å²) in [5, 5.41) is 21.3. The molecule has 0 amide bonds. The average Bonchev–Trinajstić information content (AvgIpc) is 2.73. The van der Waals surface area contributed by atoms with Gasteiger partial charge in [-0.05, 0) is 30.4 Å². The molecule has 0 saturated carbocycles. The Morgan fingerprint density at radius 1 is 0.968 bits per heavy atom. The van der Waals surface area contributed by atoms with E-state index in [-0.39, 0.29) is 5.41 Å². The van der Waals surface area contributed by atoms with E-state index in [2.05, 4.69) is 12.2 Å². The van der Waals surface area contributed by atoms with E-state index in [0.29, 0.717) is 50.6 Å². The molecule has 3 rings (SSSR count). The minimum atomic E-state index is -5.86. The first kappa shape index (κ1) is 25.7. The Bertz CT molecular complexity index is 668. The van der Waals surface area contributed by atoms with Crippen molar-refractivity contribution in [3.8, 4) is 0 Å². The summed E-state index contributed by atoms with van der Waals surface area (Å²) in [7, 11) is 0. The Balaban J connectivity index is 0.000000316. The predicted octanol–water partition coefficient (Wildman–Crippen LogP) is 3.20. The molecule has 2 aliphatic heterocycles. The molecule has 0 bridgehead atoms. The normalized spacial score (nSPS) is 20.1. The van der Waals surface area contributed by atoms with E-state index in [1.807, 2.05) is 4.90 Å². The molecule has 0 unspecified atom stereocenters. The summed E-state index contributed by atoms with van der Waals surface area (Å²) in [5.41, 5.74) is -5.46. The Labute approximate surface area is 177 Å². The van der Waals surface area contributed by atoms with Crippen LogP contribution in [0.3, 0.4) is 0 Å². The van der Waals surface area contributed by atoms with E-state index in [4.69, 9.17) is 9.84 Å². The molecule has 1 aromatic carbocycles. The quantitative estimate of drug-likeness (QED) is 0.608. The summed E-state index contributed by atoms with van der Waals surface area (Å²) in [6, 6.07) is 3.64. The molecular formula is C20H28F6N2O3. The number of anilines is 1. The third-order valence-corrected chi connectivity index (χ3v) is 5.67. The van der Waals surface area contributed by atoms with E-state index >= 15 is 0 Å². The first-order valence-corrected chi connectivity index (χ1v) is 9.95. The van der Waals surface area contributed by atoms with Gasteiger partial charge in [0.2, 0.25) is 0 Å². The maximum atomic E-state index is 12.8. The first-order valence-electron chi connectivity index (χ1n) is 9.95. The molecule has 1 aromatic rings. The monoisotopic (exact) mass is 458 g/mol. The maximum absolute atomic E-state index is 12.8. The summed E-state index contributed by atoms with van der Waals surface area (Å²) in [6.45, 7) is 6.60. The van der Waals surface area contributed by atoms with Gasteiger partial charge in [-0.2, -0.15) is 26.3 Å². The number of halogens is 6. The van der Waals surface area contributed by atoms with Crippen LogP contribution in [0, 0.1) is 5.41 Å². The fraction of sp³-hybridized carbons (Fsp3) is 0.700. The summed E-state index contributed by atoms with van der Waals surface area (Å²) < 4.78 is 81.7. The highest BCUT2D eigenvalue weighted by Crippen LogP contribution is 2.50. The lowest BCUT2D eigenvalue weighted by molar-refractivity contribution is -0.376. The highest BCUT2D eigenvalue weighted by atomic mass is 19.4.